The van der Waals surface area contributed by atoms with Crippen molar-refractivity contribution in [3.8, 4) is 11.1 Å². The first-order chi connectivity index (χ1) is 16.6. The topological polar surface area (TPSA) is 101 Å². The molecule has 0 aliphatic carbocycles. The summed E-state index contributed by atoms with van der Waals surface area (Å²) in [5.41, 5.74) is 5.20. The van der Waals surface area contributed by atoms with Crippen LogP contribution in [0.2, 0.25) is 0 Å². The van der Waals surface area contributed by atoms with E-state index in [0.29, 0.717) is 12.0 Å². The van der Waals surface area contributed by atoms with Crippen molar-refractivity contribution in [1.29, 1.82) is 0 Å². The van der Waals surface area contributed by atoms with Crippen molar-refractivity contribution in [2.45, 2.75) is 59.5 Å². The number of hydrogen-bond acceptors (Lipinski definition) is 4. The van der Waals surface area contributed by atoms with Crippen molar-refractivity contribution in [2.75, 3.05) is 0 Å². The number of pyridine rings is 2. The minimum atomic E-state index is -1.04. The Morgan fingerprint density at radius 2 is 1.74 bits per heavy atom. The molecule has 0 fully saturated rings. The van der Waals surface area contributed by atoms with Gasteiger partial charge in [-0.3, -0.25) is 19.4 Å². The summed E-state index contributed by atoms with van der Waals surface area (Å²) in [6.07, 6.45) is 5.09. The normalized spacial score (nSPS) is 12.9. The van der Waals surface area contributed by atoms with Gasteiger partial charge in [-0.15, -0.1) is 0 Å². The highest BCUT2D eigenvalue weighted by Gasteiger charge is 2.27. The van der Waals surface area contributed by atoms with Crippen molar-refractivity contribution in [1.82, 2.24) is 14.9 Å². The highest BCUT2D eigenvalue weighted by atomic mass is 16.4. The number of amides is 1. The molecule has 7 heteroatoms. The van der Waals surface area contributed by atoms with Crippen LogP contribution in [0.3, 0.4) is 0 Å². The van der Waals surface area contributed by atoms with Crippen LogP contribution in [0.4, 0.5) is 0 Å². The van der Waals surface area contributed by atoms with Crippen molar-refractivity contribution in [3.63, 3.8) is 0 Å². The number of rotatable bonds is 9. The molecule has 3 aromatic rings. The Bertz CT molecular complexity index is 1260. The molecule has 2 heterocycles. The second-order valence-electron chi connectivity index (χ2n) is 9.53. The highest BCUT2D eigenvalue weighted by Crippen LogP contribution is 2.29. The standard InChI is InChI=1S/C28H33N3O4/c1-17(2)11-24(31-10-9-18(3)12-25(31)32)28(35)30-23(14-26(33)34)21-13-22(16-29-15-21)27-19(4)7-6-8-20(27)5/h6-10,12-13,15-17,23-24H,11,14H2,1-5H3,(H,30,35)(H,33,34)/t23-,24-/m1/s1. The van der Waals surface area contributed by atoms with Crippen LogP contribution < -0.4 is 10.9 Å². The Morgan fingerprint density at radius 3 is 2.34 bits per heavy atom. The number of carbonyl (C=O) groups is 2. The van der Waals surface area contributed by atoms with Crippen LogP contribution in [0.5, 0.6) is 0 Å². The van der Waals surface area contributed by atoms with Crippen LogP contribution in [0.25, 0.3) is 11.1 Å². The van der Waals surface area contributed by atoms with Crippen LogP contribution >= 0.6 is 0 Å². The van der Waals surface area contributed by atoms with Crippen LogP contribution in [-0.2, 0) is 9.59 Å². The Morgan fingerprint density at radius 1 is 1.06 bits per heavy atom. The van der Waals surface area contributed by atoms with Crippen LogP contribution in [-0.4, -0.2) is 26.5 Å². The summed E-state index contributed by atoms with van der Waals surface area (Å²) in [5, 5.41) is 12.5. The van der Waals surface area contributed by atoms with Crippen molar-refractivity contribution < 1.29 is 14.7 Å². The first-order valence-corrected chi connectivity index (χ1v) is 11.8. The van der Waals surface area contributed by atoms with Gasteiger partial charge in [-0.1, -0.05) is 32.0 Å². The van der Waals surface area contributed by atoms with Crippen molar-refractivity contribution in [2.24, 2.45) is 5.92 Å². The van der Waals surface area contributed by atoms with Gasteiger partial charge in [-0.2, -0.15) is 0 Å². The summed E-state index contributed by atoms with van der Waals surface area (Å²) in [4.78, 5) is 42.2. The van der Waals surface area contributed by atoms with Crippen LogP contribution in [0.1, 0.15) is 61.0 Å². The molecule has 0 saturated carbocycles. The molecule has 184 valence electrons. The number of nitrogens with zero attached hydrogens (tertiary/aromatic N) is 2. The average molecular weight is 476 g/mol. The predicted molar refractivity (Wildman–Crippen MR) is 136 cm³/mol. The van der Waals surface area contributed by atoms with E-state index in [0.717, 1.165) is 27.8 Å². The van der Waals surface area contributed by atoms with E-state index in [2.05, 4.69) is 10.3 Å². The Balaban J connectivity index is 1.98. The quantitative estimate of drug-likeness (QED) is 0.465. The molecule has 1 aromatic carbocycles. The fourth-order valence-corrected chi connectivity index (χ4v) is 4.39. The fourth-order valence-electron chi connectivity index (χ4n) is 4.39. The maximum Gasteiger partial charge on any atom is 0.305 e. The molecule has 1 amide bonds. The number of aliphatic carboxylic acids is 1. The third-order valence-electron chi connectivity index (χ3n) is 6.06. The number of hydrogen-bond donors (Lipinski definition) is 2. The van der Waals surface area contributed by atoms with Gasteiger partial charge in [0.1, 0.15) is 6.04 Å². The van der Waals surface area contributed by atoms with Crippen LogP contribution in [0, 0.1) is 26.7 Å². The maximum absolute atomic E-state index is 13.5. The first kappa shape index (κ1) is 25.9. The average Bonchev–Trinajstić information content (AvgIpc) is 2.77. The lowest BCUT2D eigenvalue weighted by molar-refractivity contribution is -0.138. The van der Waals surface area contributed by atoms with E-state index in [9.17, 15) is 19.5 Å². The molecule has 0 saturated heterocycles. The minimum absolute atomic E-state index is 0.144. The second-order valence-corrected chi connectivity index (χ2v) is 9.53. The van der Waals surface area contributed by atoms with Crippen molar-refractivity contribution >= 4 is 11.9 Å². The molecular formula is C28H33N3O4. The fraction of sp³-hybridized carbons (Fsp3) is 0.357. The zero-order valence-electron chi connectivity index (χ0n) is 20.9. The number of carboxylic acid groups (broad SMARTS) is 1. The van der Waals surface area contributed by atoms with E-state index < -0.39 is 24.0 Å². The zero-order valence-corrected chi connectivity index (χ0v) is 20.9. The molecule has 0 spiro atoms. The Labute approximate surface area is 205 Å². The molecule has 7 nitrogen and oxygen atoms in total. The number of carbonyl (C=O) groups excluding carboxylic acids is 1. The molecule has 0 aliphatic heterocycles. The van der Waals surface area contributed by atoms with E-state index >= 15 is 0 Å². The highest BCUT2D eigenvalue weighted by molar-refractivity contribution is 5.82. The number of aromatic nitrogens is 2. The van der Waals surface area contributed by atoms with Gasteiger partial charge < -0.3 is 15.0 Å². The summed E-state index contributed by atoms with van der Waals surface area (Å²) in [5.74, 6) is -1.29. The summed E-state index contributed by atoms with van der Waals surface area (Å²) >= 11 is 0. The Kier molecular flexibility index (Phi) is 8.22. The molecule has 35 heavy (non-hydrogen) atoms. The molecular weight excluding hydrogens is 442 g/mol. The lowest BCUT2D eigenvalue weighted by Crippen LogP contribution is -2.40. The SMILES string of the molecule is Cc1ccn([C@H](CC(C)C)C(=O)N[C@H](CC(=O)O)c2cncc(-c3c(C)cccc3C)c2)c(=O)c1. The summed E-state index contributed by atoms with van der Waals surface area (Å²) in [6, 6.07) is 9.62. The zero-order chi connectivity index (χ0) is 25.7. The predicted octanol–water partition coefficient (Wildman–Crippen LogP) is 4.75. The molecule has 0 radical (unpaired) electrons. The monoisotopic (exact) mass is 475 g/mol. The van der Waals surface area contributed by atoms with Gasteiger partial charge in [-0.05, 0) is 73.1 Å². The van der Waals surface area contributed by atoms with Gasteiger partial charge in [0.05, 0.1) is 12.5 Å². The number of nitrogens with one attached hydrogen (secondary N) is 1. The van der Waals surface area contributed by atoms with E-state index in [1.165, 1.54) is 10.6 Å². The lowest BCUT2D eigenvalue weighted by Gasteiger charge is -2.25. The summed E-state index contributed by atoms with van der Waals surface area (Å²) < 4.78 is 1.42. The summed E-state index contributed by atoms with van der Waals surface area (Å²) in [6.45, 7) is 9.81. The number of benzene rings is 1. The third kappa shape index (κ3) is 6.44. The van der Waals surface area contributed by atoms with E-state index in [1.807, 2.05) is 58.9 Å². The van der Waals surface area contributed by atoms with Gasteiger partial charge in [0.15, 0.2) is 0 Å². The number of aryl methyl sites for hydroxylation is 3. The Hall–Kier alpha value is -3.74. The molecule has 3 rings (SSSR count). The number of carboxylic acids is 1. The van der Waals surface area contributed by atoms with Gasteiger partial charge in [0.2, 0.25) is 5.91 Å². The summed E-state index contributed by atoms with van der Waals surface area (Å²) in [7, 11) is 0. The molecule has 2 N–H and O–H groups in total. The van der Waals surface area contributed by atoms with E-state index in [4.69, 9.17) is 0 Å². The van der Waals surface area contributed by atoms with E-state index in [1.54, 1.807) is 24.7 Å². The van der Waals surface area contributed by atoms with Gasteiger partial charge >= 0.3 is 5.97 Å². The first-order valence-electron chi connectivity index (χ1n) is 11.8. The smallest absolute Gasteiger partial charge is 0.305 e. The molecule has 0 unspecified atom stereocenters. The second kappa shape index (κ2) is 11.1. The molecule has 0 aliphatic rings. The minimum Gasteiger partial charge on any atom is -0.481 e. The van der Waals surface area contributed by atoms with Gasteiger partial charge in [0.25, 0.3) is 5.56 Å². The third-order valence-corrected chi connectivity index (χ3v) is 6.06. The molecule has 2 atom stereocenters. The van der Waals surface area contributed by atoms with Crippen molar-refractivity contribution in [3.05, 3.63) is 87.6 Å². The maximum atomic E-state index is 13.5. The van der Waals surface area contributed by atoms with E-state index in [-0.39, 0.29) is 17.9 Å². The molecule has 2 aromatic heterocycles. The lowest BCUT2D eigenvalue weighted by atomic mass is 9.94. The van der Waals surface area contributed by atoms with Gasteiger partial charge in [0, 0.05) is 30.2 Å². The molecule has 0 bridgehead atoms. The van der Waals surface area contributed by atoms with Crippen LogP contribution in [0.15, 0.2) is 59.8 Å². The van der Waals surface area contributed by atoms with Gasteiger partial charge in [-0.25, -0.2) is 0 Å². The largest absolute Gasteiger partial charge is 0.481 e.